The lowest BCUT2D eigenvalue weighted by atomic mass is 10.2. The molecule has 15 heavy (non-hydrogen) atoms. The van der Waals surface area contributed by atoms with E-state index in [9.17, 15) is 8.42 Å². The Labute approximate surface area is 91.1 Å². The quantitative estimate of drug-likeness (QED) is 0.719. The molecule has 0 aliphatic carbocycles. The zero-order chi connectivity index (χ0) is 11.3. The van der Waals surface area contributed by atoms with E-state index in [0.29, 0.717) is 26.1 Å². The van der Waals surface area contributed by atoms with Crippen LogP contribution in [0.2, 0.25) is 0 Å². The predicted molar refractivity (Wildman–Crippen MR) is 57.1 cm³/mol. The van der Waals surface area contributed by atoms with Gasteiger partial charge in [-0.15, -0.1) is 0 Å². The standard InChI is InChI=1S/C9H19NO4S/c1-2-9-8-10(4-6-14-9)15(12,13)7-3-5-11/h9,11H,2-8H2,1H3. The first-order valence-electron chi connectivity index (χ1n) is 5.30. The van der Waals surface area contributed by atoms with Crippen molar-refractivity contribution in [1.29, 1.82) is 0 Å². The summed E-state index contributed by atoms with van der Waals surface area (Å²) in [7, 11) is -3.20. The van der Waals surface area contributed by atoms with Crippen molar-refractivity contribution in [1.82, 2.24) is 4.31 Å². The summed E-state index contributed by atoms with van der Waals surface area (Å²) >= 11 is 0. The van der Waals surface area contributed by atoms with E-state index in [0.717, 1.165) is 6.42 Å². The van der Waals surface area contributed by atoms with Gasteiger partial charge in [0.1, 0.15) is 0 Å². The second kappa shape index (κ2) is 5.79. The largest absolute Gasteiger partial charge is 0.396 e. The molecule has 1 unspecified atom stereocenters. The number of hydrogen-bond acceptors (Lipinski definition) is 4. The second-order valence-electron chi connectivity index (χ2n) is 3.65. The fourth-order valence-electron chi connectivity index (χ4n) is 1.57. The Bertz CT molecular complexity index is 278. The third-order valence-corrected chi connectivity index (χ3v) is 4.43. The molecule has 0 aromatic carbocycles. The maximum absolute atomic E-state index is 11.8. The van der Waals surface area contributed by atoms with E-state index in [2.05, 4.69) is 0 Å². The van der Waals surface area contributed by atoms with Gasteiger partial charge in [0.05, 0.1) is 18.5 Å². The smallest absolute Gasteiger partial charge is 0.214 e. The van der Waals surface area contributed by atoms with Gasteiger partial charge < -0.3 is 9.84 Å². The molecule has 1 heterocycles. The van der Waals surface area contributed by atoms with Crippen LogP contribution < -0.4 is 0 Å². The monoisotopic (exact) mass is 237 g/mol. The number of aliphatic hydroxyl groups excluding tert-OH is 1. The van der Waals surface area contributed by atoms with E-state index in [-0.39, 0.29) is 18.5 Å². The molecule has 0 spiro atoms. The molecule has 0 radical (unpaired) electrons. The molecule has 1 aliphatic heterocycles. The Morgan fingerprint density at radius 3 is 2.87 bits per heavy atom. The summed E-state index contributed by atoms with van der Waals surface area (Å²) in [5, 5.41) is 8.62. The molecule has 0 bridgehead atoms. The molecule has 1 N–H and O–H groups in total. The van der Waals surface area contributed by atoms with Crippen LogP contribution in [0, 0.1) is 0 Å². The molecule has 1 saturated heterocycles. The summed E-state index contributed by atoms with van der Waals surface area (Å²) in [6.45, 7) is 3.25. The van der Waals surface area contributed by atoms with Crippen molar-refractivity contribution in [3.8, 4) is 0 Å². The first-order chi connectivity index (χ1) is 7.10. The minimum absolute atomic E-state index is 0.0163. The molecule has 0 amide bonds. The van der Waals surface area contributed by atoms with Crippen molar-refractivity contribution in [2.45, 2.75) is 25.9 Å². The van der Waals surface area contributed by atoms with Gasteiger partial charge in [-0.1, -0.05) is 6.92 Å². The molecule has 0 aromatic rings. The number of aliphatic hydroxyl groups is 1. The number of sulfonamides is 1. The van der Waals surface area contributed by atoms with Gasteiger partial charge in [0.25, 0.3) is 0 Å². The van der Waals surface area contributed by atoms with Gasteiger partial charge in [-0.3, -0.25) is 0 Å². The van der Waals surface area contributed by atoms with E-state index in [1.54, 1.807) is 0 Å². The highest BCUT2D eigenvalue weighted by atomic mass is 32.2. The van der Waals surface area contributed by atoms with E-state index < -0.39 is 10.0 Å². The Morgan fingerprint density at radius 2 is 2.27 bits per heavy atom. The molecule has 90 valence electrons. The van der Waals surface area contributed by atoms with Gasteiger partial charge in [-0.05, 0) is 12.8 Å². The average Bonchev–Trinajstić information content (AvgIpc) is 2.26. The Kier molecular flexibility index (Phi) is 4.98. The number of rotatable bonds is 5. The lowest BCUT2D eigenvalue weighted by Crippen LogP contribution is -2.46. The lowest BCUT2D eigenvalue weighted by Gasteiger charge is -2.31. The third kappa shape index (κ3) is 3.71. The van der Waals surface area contributed by atoms with Crippen LogP contribution in [0.4, 0.5) is 0 Å². The first kappa shape index (κ1) is 12.9. The van der Waals surface area contributed by atoms with Gasteiger partial charge in [0.15, 0.2) is 0 Å². The highest BCUT2D eigenvalue weighted by Gasteiger charge is 2.27. The lowest BCUT2D eigenvalue weighted by molar-refractivity contribution is -0.00279. The van der Waals surface area contributed by atoms with Crippen LogP contribution in [0.5, 0.6) is 0 Å². The molecule has 0 aromatic heterocycles. The van der Waals surface area contributed by atoms with Gasteiger partial charge in [-0.2, -0.15) is 4.31 Å². The Balaban J connectivity index is 2.54. The van der Waals surface area contributed by atoms with Crippen molar-refractivity contribution in [2.24, 2.45) is 0 Å². The topological polar surface area (TPSA) is 66.8 Å². The normalized spacial score (nSPS) is 24.3. The van der Waals surface area contributed by atoms with E-state index in [1.807, 2.05) is 6.92 Å². The number of morpholine rings is 1. The summed E-state index contributed by atoms with van der Waals surface area (Å²) < 4.78 is 30.4. The van der Waals surface area contributed by atoms with Crippen molar-refractivity contribution in [3.63, 3.8) is 0 Å². The van der Waals surface area contributed by atoms with Crippen molar-refractivity contribution in [3.05, 3.63) is 0 Å². The zero-order valence-electron chi connectivity index (χ0n) is 9.05. The highest BCUT2D eigenvalue weighted by Crippen LogP contribution is 2.13. The van der Waals surface area contributed by atoms with E-state index >= 15 is 0 Å². The highest BCUT2D eigenvalue weighted by molar-refractivity contribution is 7.89. The van der Waals surface area contributed by atoms with E-state index in [4.69, 9.17) is 9.84 Å². The van der Waals surface area contributed by atoms with Gasteiger partial charge >= 0.3 is 0 Å². The Hall–Kier alpha value is -0.170. The van der Waals surface area contributed by atoms with Crippen LogP contribution in [-0.2, 0) is 14.8 Å². The molecule has 1 rings (SSSR count). The molecule has 6 heteroatoms. The molecule has 1 fully saturated rings. The summed E-state index contributed by atoms with van der Waals surface area (Å²) in [5.74, 6) is 0.0277. The van der Waals surface area contributed by atoms with E-state index in [1.165, 1.54) is 4.31 Å². The van der Waals surface area contributed by atoms with Crippen LogP contribution in [0.1, 0.15) is 19.8 Å². The minimum atomic E-state index is -3.20. The van der Waals surface area contributed by atoms with Crippen molar-refractivity contribution in [2.75, 3.05) is 32.1 Å². The molecular formula is C9H19NO4S. The van der Waals surface area contributed by atoms with Crippen LogP contribution in [0.15, 0.2) is 0 Å². The number of nitrogens with zero attached hydrogens (tertiary/aromatic N) is 1. The molecular weight excluding hydrogens is 218 g/mol. The zero-order valence-corrected chi connectivity index (χ0v) is 9.87. The molecule has 1 atom stereocenters. The van der Waals surface area contributed by atoms with Gasteiger partial charge in [-0.25, -0.2) is 8.42 Å². The number of hydrogen-bond donors (Lipinski definition) is 1. The summed E-state index contributed by atoms with van der Waals surface area (Å²) in [6, 6.07) is 0. The summed E-state index contributed by atoms with van der Waals surface area (Å²) in [4.78, 5) is 0. The summed E-state index contributed by atoms with van der Waals surface area (Å²) in [5.41, 5.74) is 0. The molecule has 5 nitrogen and oxygen atoms in total. The Morgan fingerprint density at radius 1 is 1.53 bits per heavy atom. The van der Waals surface area contributed by atoms with Crippen LogP contribution in [0.3, 0.4) is 0 Å². The molecule has 0 saturated carbocycles. The average molecular weight is 237 g/mol. The van der Waals surface area contributed by atoms with Crippen LogP contribution in [-0.4, -0.2) is 56.0 Å². The number of ether oxygens (including phenoxy) is 1. The maximum atomic E-state index is 11.8. The molecule has 1 aliphatic rings. The van der Waals surface area contributed by atoms with Crippen molar-refractivity contribution >= 4 is 10.0 Å². The van der Waals surface area contributed by atoms with Crippen LogP contribution in [0.25, 0.3) is 0 Å². The third-order valence-electron chi connectivity index (χ3n) is 2.51. The predicted octanol–water partition coefficient (Wildman–Crippen LogP) is -0.191. The first-order valence-corrected chi connectivity index (χ1v) is 6.91. The second-order valence-corrected chi connectivity index (χ2v) is 5.74. The fourth-order valence-corrected chi connectivity index (χ4v) is 3.07. The fraction of sp³-hybridized carbons (Fsp3) is 1.00. The van der Waals surface area contributed by atoms with Crippen LogP contribution >= 0.6 is 0 Å². The summed E-state index contributed by atoms with van der Waals surface area (Å²) in [6.07, 6.45) is 1.14. The maximum Gasteiger partial charge on any atom is 0.214 e. The minimum Gasteiger partial charge on any atom is -0.396 e. The van der Waals surface area contributed by atoms with Crippen molar-refractivity contribution < 1.29 is 18.3 Å². The SMILES string of the molecule is CCC1CN(S(=O)(=O)CCCO)CCO1. The van der Waals surface area contributed by atoms with Gasteiger partial charge in [0, 0.05) is 19.7 Å². The van der Waals surface area contributed by atoms with Gasteiger partial charge in [0.2, 0.25) is 10.0 Å².